The van der Waals surface area contributed by atoms with Gasteiger partial charge in [-0.1, -0.05) is 0 Å². The first-order chi connectivity index (χ1) is 3.31. The van der Waals surface area contributed by atoms with Crippen LogP contribution in [0.5, 0.6) is 0 Å². The van der Waals surface area contributed by atoms with Crippen LogP contribution in [0.15, 0.2) is 12.2 Å². The van der Waals surface area contributed by atoms with Gasteiger partial charge in [0.05, 0.1) is 0 Å². The van der Waals surface area contributed by atoms with E-state index in [0.29, 0.717) is 0 Å². The molecule has 0 aromatic carbocycles. The summed E-state index contributed by atoms with van der Waals surface area (Å²) in [5.41, 5.74) is 0.148. The fourth-order valence-corrected chi connectivity index (χ4v) is 0.123. The van der Waals surface area contributed by atoms with Gasteiger partial charge in [0.2, 0.25) is 0 Å². The van der Waals surface area contributed by atoms with E-state index in [1.165, 1.54) is 12.6 Å². The molecule has 2 nitrogen and oxygen atoms in total. The van der Waals surface area contributed by atoms with Crippen molar-refractivity contribution in [2.45, 2.75) is 6.42 Å². The van der Waals surface area contributed by atoms with Crippen molar-refractivity contribution in [3.05, 3.63) is 12.2 Å². The van der Waals surface area contributed by atoms with Crippen LogP contribution in [-0.4, -0.2) is 12.6 Å². The maximum absolute atomic E-state index is 9.49. The third kappa shape index (κ3) is 6.18. The van der Waals surface area contributed by atoms with E-state index in [9.17, 15) is 9.59 Å². The summed E-state index contributed by atoms with van der Waals surface area (Å²) in [4.78, 5) is 18.9. The van der Waals surface area contributed by atoms with E-state index in [1.54, 1.807) is 0 Å². The molecule has 0 aliphatic carbocycles. The minimum Gasteiger partial charge on any atom is -0.542 e. The summed E-state index contributed by atoms with van der Waals surface area (Å²) in [6.45, 7) is 3.18. The molecule has 3 heteroatoms. The molecule has 0 rings (SSSR count). The van der Waals surface area contributed by atoms with Crippen molar-refractivity contribution in [2.75, 3.05) is 0 Å². The Kier molecular flexibility index (Phi) is 9.92. The number of carbonyl (C=O) groups excluding carboxylic acids is 2. The van der Waals surface area contributed by atoms with E-state index in [-0.39, 0.29) is 44.7 Å². The zero-order chi connectivity index (χ0) is 5.70. The Morgan fingerprint density at radius 2 is 2.00 bits per heavy atom. The Hall–Kier alpha value is 0.184. The summed E-state index contributed by atoms with van der Waals surface area (Å²) < 4.78 is 0. The second-order valence-corrected chi connectivity index (χ2v) is 1.03. The topological polar surface area (TPSA) is 34.1 Å². The second kappa shape index (κ2) is 7.18. The third-order valence-electron chi connectivity index (χ3n) is 0.430. The Balaban J connectivity index is 0. The van der Waals surface area contributed by atoms with Gasteiger partial charge in [-0.05, 0) is 6.29 Å². The van der Waals surface area contributed by atoms with Gasteiger partial charge in [-0.15, -0.1) is 0 Å². The number of rotatable bonds is 3. The summed E-state index contributed by atoms with van der Waals surface area (Å²) in [5, 5.41) is 0. The van der Waals surface area contributed by atoms with Gasteiger partial charge in [0, 0.05) is 32.7 Å². The average Bonchev–Trinajstić information content (AvgIpc) is 1.68. The summed E-state index contributed by atoms with van der Waals surface area (Å²) in [7, 11) is 0. The Labute approximate surface area is 73.2 Å². The molecule has 0 heterocycles. The molecular formula is C5H4O2Y-2. The largest absolute Gasteiger partial charge is 0.542 e. The van der Waals surface area contributed by atoms with E-state index in [4.69, 9.17) is 0 Å². The van der Waals surface area contributed by atoms with Gasteiger partial charge in [-0.2, -0.15) is 6.42 Å². The van der Waals surface area contributed by atoms with Crippen molar-refractivity contribution in [1.29, 1.82) is 0 Å². The molecule has 0 aliphatic rings. The number of hydrogen-bond donors (Lipinski definition) is 0. The average molecular weight is 185 g/mol. The predicted molar refractivity (Wildman–Crippen MR) is 25.1 cm³/mol. The SMILES string of the molecule is C=C([C-]=O)C[C-]=O.[Y]. The van der Waals surface area contributed by atoms with Crippen LogP contribution in [0.2, 0.25) is 0 Å². The van der Waals surface area contributed by atoms with Crippen LogP contribution < -0.4 is 0 Å². The van der Waals surface area contributed by atoms with Gasteiger partial charge in [-0.3, -0.25) is 6.29 Å². The van der Waals surface area contributed by atoms with E-state index < -0.39 is 0 Å². The predicted octanol–water partition coefficient (Wildman–Crippen LogP) is 0.150. The third-order valence-corrected chi connectivity index (χ3v) is 0.430. The first-order valence-corrected chi connectivity index (χ1v) is 1.72. The minimum atomic E-state index is -0.0243. The van der Waals surface area contributed by atoms with E-state index >= 15 is 0 Å². The van der Waals surface area contributed by atoms with Crippen LogP contribution in [0.25, 0.3) is 0 Å². The fraction of sp³-hybridized carbons (Fsp3) is 0.200. The minimum absolute atomic E-state index is 0. The molecule has 0 saturated heterocycles. The van der Waals surface area contributed by atoms with E-state index in [0.717, 1.165) is 0 Å². The molecule has 0 aromatic rings. The molecule has 0 saturated carbocycles. The van der Waals surface area contributed by atoms with Crippen LogP contribution >= 0.6 is 0 Å². The van der Waals surface area contributed by atoms with Gasteiger partial charge in [0.25, 0.3) is 0 Å². The van der Waals surface area contributed by atoms with Crippen LogP contribution in [0.3, 0.4) is 0 Å². The van der Waals surface area contributed by atoms with Crippen molar-refractivity contribution in [3.63, 3.8) is 0 Å². The van der Waals surface area contributed by atoms with Crippen molar-refractivity contribution < 1.29 is 42.3 Å². The molecule has 0 N–H and O–H groups in total. The van der Waals surface area contributed by atoms with Crippen LogP contribution in [0.1, 0.15) is 6.42 Å². The molecule has 0 unspecified atom stereocenters. The summed E-state index contributed by atoms with van der Waals surface area (Å²) in [5.74, 6) is 0. The second-order valence-electron chi connectivity index (χ2n) is 1.03. The summed E-state index contributed by atoms with van der Waals surface area (Å²) in [6.07, 6.45) is 2.94. The molecule has 0 spiro atoms. The first kappa shape index (κ1) is 11.0. The van der Waals surface area contributed by atoms with E-state index in [1.807, 2.05) is 0 Å². The molecule has 8 heavy (non-hydrogen) atoms. The Bertz CT molecular complexity index is 98.6. The van der Waals surface area contributed by atoms with Crippen molar-refractivity contribution in [3.8, 4) is 0 Å². The quantitative estimate of drug-likeness (QED) is 0.463. The first-order valence-electron chi connectivity index (χ1n) is 1.72. The maximum Gasteiger partial charge on any atom is 0 e. The fourth-order valence-electron chi connectivity index (χ4n) is 0.123. The van der Waals surface area contributed by atoms with Crippen LogP contribution in [-0.2, 0) is 42.3 Å². The monoisotopic (exact) mass is 185 g/mol. The standard InChI is InChI=1S/C5H4O2.Y/c1-5(4-7)2-3-6;/h1-2H2;/q-2;. The van der Waals surface area contributed by atoms with Crippen LogP contribution in [0.4, 0.5) is 0 Å². The Morgan fingerprint density at radius 1 is 1.50 bits per heavy atom. The zero-order valence-corrected chi connectivity index (χ0v) is 7.15. The smallest absolute Gasteiger partial charge is 0 e. The van der Waals surface area contributed by atoms with Crippen molar-refractivity contribution in [1.82, 2.24) is 0 Å². The molecule has 1 radical (unpaired) electrons. The molecule has 0 fully saturated rings. The molecular weight excluding hydrogens is 181 g/mol. The van der Waals surface area contributed by atoms with Crippen molar-refractivity contribution >= 4 is 12.6 Å². The summed E-state index contributed by atoms with van der Waals surface area (Å²) >= 11 is 0. The van der Waals surface area contributed by atoms with E-state index in [2.05, 4.69) is 6.58 Å². The van der Waals surface area contributed by atoms with Gasteiger partial charge in [0.1, 0.15) is 0 Å². The number of hydrogen-bond acceptors (Lipinski definition) is 2. The summed E-state index contributed by atoms with van der Waals surface area (Å²) in [6, 6.07) is 0. The molecule has 0 bridgehead atoms. The van der Waals surface area contributed by atoms with Gasteiger partial charge in [0.15, 0.2) is 0 Å². The number of allylic oxidation sites excluding steroid dienone is 1. The van der Waals surface area contributed by atoms with Gasteiger partial charge >= 0.3 is 0 Å². The molecule has 0 amide bonds. The van der Waals surface area contributed by atoms with Gasteiger partial charge < -0.3 is 9.59 Å². The molecule has 0 atom stereocenters. The van der Waals surface area contributed by atoms with Gasteiger partial charge in [-0.25, -0.2) is 12.2 Å². The Morgan fingerprint density at radius 3 is 2.12 bits per heavy atom. The van der Waals surface area contributed by atoms with Crippen molar-refractivity contribution in [2.24, 2.45) is 0 Å². The molecule has 0 aliphatic heterocycles. The maximum atomic E-state index is 9.49. The zero-order valence-electron chi connectivity index (χ0n) is 4.31. The molecule has 0 aromatic heterocycles. The molecule has 41 valence electrons. The van der Waals surface area contributed by atoms with Crippen LogP contribution in [0, 0.1) is 0 Å². The normalized spacial score (nSPS) is 6.50.